The Hall–Kier alpha value is -2.38. The van der Waals surface area contributed by atoms with Crippen molar-refractivity contribution >= 4 is 11.6 Å². The monoisotopic (exact) mass is 312 g/mol. The standard InChI is InChI=1S/C14H15F3N4O/c1-8-4-5-11(19-13(22)10(3)14(15,16)17)6-12(8)21-18-7-9(2)20-21/h4-7,10H,1-3H3,(H,19,22)/t10-/m0/s1. The first-order valence-electron chi connectivity index (χ1n) is 6.56. The second-order valence-electron chi connectivity index (χ2n) is 5.03. The second-order valence-corrected chi connectivity index (χ2v) is 5.03. The average molecular weight is 312 g/mol. The molecule has 0 spiro atoms. The Labute approximate surface area is 125 Å². The molecule has 1 aromatic carbocycles. The van der Waals surface area contributed by atoms with Crippen molar-refractivity contribution in [3.05, 3.63) is 35.7 Å². The summed E-state index contributed by atoms with van der Waals surface area (Å²) in [7, 11) is 0. The average Bonchev–Trinajstić information content (AvgIpc) is 2.85. The van der Waals surface area contributed by atoms with Crippen LogP contribution in [-0.2, 0) is 4.79 Å². The first-order valence-corrected chi connectivity index (χ1v) is 6.56. The van der Waals surface area contributed by atoms with Gasteiger partial charge in [-0.2, -0.15) is 28.2 Å². The molecule has 1 heterocycles. The highest BCUT2D eigenvalue weighted by atomic mass is 19.4. The zero-order valence-electron chi connectivity index (χ0n) is 12.3. The molecule has 1 amide bonds. The molecule has 8 heteroatoms. The maximum Gasteiger partial charge on any atom is 0.400 e. The fourth-order valence-electron chi connectivity index (χ4n) is 1.76. The normalized spacial score (nSPS) is 13.0. The third kappa shape index (κ3) is 3.44. The third-order valence-corrected chi connectivity index (χ3v) is 3.18. The summed E-state index contributed by atoms with van der Waals surface area (Å²) in [6.45, 7) is 4.41. The van der Waals surface area contributed by atoms with Gasteiger partial charge in [0.15, 0.2) is 0 Å². The third-order valence-electron chi connectivity index (χ3n) is 3.18. The first kappa shape index (κ1) is 16.0. The van der Waals surface area contributed by atoms with Crippen LogP contribution in [0, 0.1) is 19.8 Å². The van der Waals surface area contributed by atoms with Crippen molar-refractivity contribution in [3.63, 3.8) is 0 Å². The Balaban J connectivity index is 2.25. The van der Waals surface area contributed by atoms with Crippen LogP contribution in [0.5, 0.6) is 0 Å². The number of aryl methyl sites for hydroxylation is 2. The molecule has 118 valence electrons. The van der Waals surface area contributed by atoms with Crippen LogP contribution in [0.1, 0.15) is 18.2 Å². The van der Waals surface area contributed by atoms with Gasteiger partial charge in [0.25, 0.3) is 0 Å². The molecule has 0 radical (unpaired) electrons. The summed E-state index contributed by atoms with van der Waals surface area (Å²) in [6, 6.07) is 4.76. The molecule has 0 aliphatic heterocycles. The quantitative estimate of drug-likeness (QED) is 0.947. The number of hydrogen-bond acceptors (Lipinski definition) is 3. The van der Waals surface area contributed by atoms with Crippen LogP contribution < -0.4 is 5.32 Å². The molecule has 0 aliphatic rings. The molecule has 2 aromatic rings. The van der Waals surface area contributed by atoms with E-state index in [4.69, 9.17) is 0 Å². The van der Waals surface area contributed by atoms with E-state index < -0.39 is 18.0 Å². The fraction of sp³-hybridized carbons (Fsp3) is 0.357. The van der Waals surface area contributed by atoms with Crippen molar-refractivity contribution in [1.82, 2.24) is 15.0 Å². The molecular weight excluding hydrogens is 297 g/mol. The molecule has 0 bridgehead atoms. The molecule has 0 aliphatic carbocycles. The van der Waals surface area contributed by atoms with E-state index in [2.05, 4.69) is 15.5 Å². The minimum Gasteiger partial charge on any atom is -0.325 e. The Morgan fingerprint density at radius 3 is 2.55 bits per heavy atom. The Morgan fingerprint density at radius 1 is 1.32 bits per heavy atom. The molecule has 5 nitrogen and oxygen atoms in total. The molecule has 1 aromatic heterocycles. The van der Waals surface area contributed by atoms with E-state index >= 15 is 0 Å². The number of carbonyl (C=O) groups excluding carboxylic acids is 1. The number of anilines is 1. The first-order chi connectivity index (χ1) is 10.2. The number of nitrogens with one attached hydrogen (secondary N) is 1. The van der Waals surface area contributed by atoms with Gasteiger partial charge in [-0.15, -0.1) is 0 Å². The van der Waals surface area contributed by atoms with Crippen molar-refractivity contribution in [3.8, 4) is 5.69 Å². The number of halogens is 3. The highest BCUT2D eigenvalue weighted by molar-refractivity contribution is 5.93. The largest absolute Gasteiger partial charge is 0.400 e. The summed E-state index contributed by atoms with van der Waals surface area (Å²) >= 11 is 0. The Morgan fingerprint density at radius 2 is 2.00 bits per heavy atom. The highest BCUT2D eigenvalue weighted by Crippen LogP contribution is 2.27. The van der Waals surface area contributed by atoms with Crippen LogP contribution in [0.4, 0.5) is 18.9 Å². The lowest BCUT2D eigenvalue weighted by Gasteiger charge is -2.16. The van der Waals surface area contributed by atoms with E-state index in [1.54, 1.807) is 19.2 Å². The maximum atomic E-state index is 12.5. The Bertz CT molecular complexity index is 694. The number of aromatic nitrogens is 3. The lowest BCUT2D eigenvalue weighted by molar-refractivity contribution is -0.175. The second kappa shape index (κ2) is 5.78. The van der Waals surface area contributed by atoms with Crippen LogP contribution in [0.3, 0.4) is 0 Å². The van der Waals surface area contributed by atoms with Crippen molar-refractivity contribution in [2.45, 2.75) is 26.9 Å². The van der Waals surface area contributed by atoms with E-state index in [9.17, 15) is 18.0 Å². The smallest absolute Gasteiger partial charge is 0.325 e. The van der Waals surface area contributed by atoms with Gasteiger partial charge in [0, 0.05) is 5.69 Å². The lowest BCUT2D eigenvalue weighted by Crippen LogP contribution is -2.32. The number of rotatable bonds is 3. The summed E-state index contributed by atoms with van der Waals surface area (Å²) in [5.74, 6) is -3.19. The van der Waals surface area contributed by atoms with Gasteiger partial charge >= 0.3 is 6.18 Å². The zero-order valence-corrected chi connectivity index (χ0v) is 12.3. The predicted octanol–water partition coefficient (Wildman–Crippen LogP) is 3.02. The predicted molar refractivity (Wildman–Crippen MR) is 74.7 cm³/mol. The minimum atomic E-state index is -4.57. The van der Waals surface area contributed by atoms with E-state index in [1.165, 1.54) is 16.9 Å². The molecule has 0 saturated heterocycles. The van der Waals surface area contributed by atoms with E-state index in [0.717, 1.165) is 12.5 Å². The molecular formula is C14H15F3N4O. The van der Waals surface area contributed by atoms with Gasteiger partial charge in [0.1, 0.15) is 5.92 Å². The maximum absolute atomic E-state index is 12.5. The van der Waals surface area contributed by atoms with Crippen molar-refractivity contribution in [1.29, 1.82) is 0 Å². The molecule has 0 saturated carbocycles. The molecule has 1 N–H and O–H groups in total. The number of hydrogen-bond donors (Lipinski definition) is 1. The summed E-state index contributed by atoms with van der Waals surface area (Å²) < 4.78 is 37.6. The van der Waals surface area contributed by atoms with Gasteiger partial charge in [-0.3, -0.25) is 4.79 Å². The number of nitrogens with zero attached hydrogens (tertiary/aromatic N) is 3. The van der Waals surface area contributed by atoms with Gasteiger partial charge in [-0.25, -0.2) is 0 Å². The van der Waals surface area contributed by atoms with E-state index in [0.29, 0.717) is 11.4 Å². The molecule has 1 atom stereocenters. The molecule has 2 rings (SSSR count). The molecule has 0 fully saturated rings. The Kier molecular flexibility index (Phi) is 4.20. The SMILES string of the molecule is Cc1cnn(-c2cc(NC(=O)[C@H](C)C(F)(F)F)ccc2C)n1. The van der Waals surface area contributed by atoms with E-state index in [-0.39, 0.29) is 5.69 Å². The van der Waals surface area contributed by atoms with Gasteiger partial charge in [-0.1, -0.05) is 6.07 Å². The summed E-state index contributed by atoms with van der Waals surface area (Å²) in [6.07, 6.45) is -3.01. The van der Waals surface area contributed by atoms with Crippen LogP contribution in [0.25, 0.3) is 5.69 Å². The van der Waals surface area contributed by atoms with Gasteiger partial charge < -0.3 is 5.32 Å². The minimum absolute atomic E-state index is 0.261. The number of benzene rings is 1. The fourth-order valence-corrected chi connectivity index (χ4v) is 1.76. The van der Waals surface area contributed by atoms with Crippen molar-refractivity contribution in [2.24, 2.45) is 5.92 Å². The topological polar surface area (TPSA) is 59.8 Å². The van der Waals surface area contributed by atoms with Gasteiger partial charge in [-0.05, 0) is 38.5 Å². The summed E-state index contributed by atoms with van der Waals surface area (Å²) in [5.41, 5.74) is 2.39. The van der Waals surface area contributed by atoms with Gasteiger partial charge in [0.2, 0.25) is 5.91 Å². The molecule has 0 unspecified atom stereocenters. The zero-order chi connectivity index (χ0) is 16.5. The highest BCUT2D eigenvalue weighted by Gasteiger charge is 2.41. The number of alkyl halides is 3. The van der Waals surface area contributed by atoms with E-state index in [1.807, 2.05) is 6.92 Å². The summed E-state index contributed by atoms with van der Waals surface area (Å²) in [4.78, 5) is 13.0. The van der Waals surface area contributed by atoms with Crippen LogP contribution >= 0.6 is 0 Å². The number of carbonyl (C=O) groups is 1. The number of amides is 1. The van der Waals surface area contributed by atoms with Crippen molar-refractivity contribution < 1.29 is 18.0 Å². The van der Waals surface area contributed by atoms with Crippen molar-refractivity contribution in [2.75, 3.05) is 5.32 Å². The van der Waals surface area contributed by atoms with Crippen LogP contribution in [-0.4, -0.2) is 27.1 Å². The molecule has 22 heavy (non-hydrogen) atoms. The van der Waals surface area contributed by atoms with Crippen LogP contribution in [0.2, 0.25) is 0 Å². The summed E-state index contributed by atoms with van der Waals surface area (Å²) in [5, 5.41) is 10.5. The van der Waals surface area contributed by atoms with Crippen LogP contribution in [0.15, 0.2) is 24.4 Å². The van der Waals surface area contributed by atoms with Gasteiger partial charge in [0.05, 0.1) is 17.6 Å². The lowest BCUT2D eigenvalue weighted by atomic mass is 10.1.